The third-order valence-electron chi connectivity index (χ3n) is 2.18. The Bertz CT molecular complexity index is 447. The molecule has 1 aromatic rings. The van der Waals surface area contributed by atoms with E-state index in [-0.39, 0.29) is 24.7 Å². The van der Waals surface area contributed by atoms with Gasteiger partial charge in [-0.05, 0) is 40.8 Å². The molecule has 0 aliphatic carbocycles. The topological polar surface area (TPSA) is 37.4 Å². The molecule has 0 atom stereocenters. The van der Waals surface area contributed by atoms with Gasteiger partial charge < -0.3 is 4.90 Å². The molecule has 0 N–H and O–H groups in total. The fourth-order valence-corrected chi connectivity index (χ4v) is 3.10. The Morgan fingerprint density at radius 2 is 2.07 bits per heavy atom. The van der Waals surface area contributed by atoms with Gasteiger partial charge in [-0.3, -0.25) is 9.59 Å². The molecule has 15 heavy (non-hydrogen) atoms. The van der Waals surface area contributed by atoms with Gasteiger partial charge in [-0.15, -0.1) is 0 Å². The van der Waals surface area contributed by atoms with Crippen molar-refractivity contribution < 1.29 is 9.59 Å². The number of carbonyl (C=O) groups is 2. The van der Waals surface area contributed by atoms with Crippen molar-refractivity contribution in [2.75, 3.05) is 11.4 Å². The van der Waals surface area contributed by atoms with E-state index in [0.717, 1.165) is 13.7 Å². The molecule has 1 aliphatic heterocycles. The van der Waals surface area contributed by atoms with Crippen LogP contribution in [0, 0.1) is 3.57 Å². The van der Waals surface area contributed by atoms with Crippen molar-refractivity contribution in [3.05, 3.63) is 26.2 Å². The number of halogens is 2. The van der Waals surface area contributed by atoms with E-state index in [0.29, 0.717) is 0 Å². The first kappa shape index (κ1) is 11.1. The van der Waals surface area contributed by atoms with E-state index >= 15 is 0 Å². The van der Waals surface area contributed by atoms with Gasteiger partial charge in [-0.1, -0.05) is 15.9 Å². The number of benzene rings is 1. The van der Waals surface area contributed by atoms with Crippen LogP contribution in [0.1, 0.15) is 6.42 Å². The number of hydrogen-bond donors (Lipinski definition) is 0. The normalized spacial score (nSPS) is 16.3. The van der Waals surface area contributed by atoms with Gasteiger partial charge in [0.05, 0.1) is 18.7 Å². The molecule has 0 unspecified atom stereocenters. The molecule has 1 heterocycles. The summed E-state index contributed by atoms with van der Waals surface area (Å²) in [6.45, 7) is 0.205. The Hall–Kier alpha value is -0.430. The van der Waals surface area contributed by atoms with Crippen LogP contribution in [0.4, 0.5) is 5.69 Å². The number of anilines is 1. The van der Waals surface area contributed by atoms with Crippen molar-refractivity contribution >= 4 is 55.9 Å². The summed E-state index contributed by atoms with van der Waals surface area (Å²) in [5.74, 6) is -0.126. The maximum absolute atomic E-state index is 11.5. The number of nitrogens with zero attached hydrogens (tertiary/aromatic N) is 1. The molecule has 3 nitrogen and oxygen atoms in total. The zero-order valence-corrected chi connectivity index (χ0v) is 11.4. The van der Waals surface area contributed by atoms with Crippen LogP contribution in [0.5, 0.6) is 0 Å². The third kappa shape index (κ3) is 2.23. The highest BCUT2D eigenvalue weighted by Gasteiger charge is 2.29. The summed E-state index contributed by atoms with van der Waals surface area (Å²) in [6, 6.07) is 5.64. The summed E-state index contributed by atoms with van der Waals surface area (Å²) in [5.41, 5.74) is 0.814. The summed E-state index contributed by atoms with van der Waals surface area (Å²) < 4.78 is 1.93. The Kier molecular flexibility index (Phi) is 3.11. The molecule has 78 valence electrons. The Labute approximate surface area is 109 Å². The SMILES string of the molecule is O=C1CC(=O)N(c2ccc(Br)cc2I)C1. The number of ketones is 1. The molecule has 0 saturated carbocycles. The minimum Gasteiger partial charge on any atom is -0.304 e. The van der Waals surface area contributed by atoms with E-state index in [2.05, 4.69) is 38.5 Å². The Morgan fingerprint density at radius 1 is 1.33 bits per heavy atom. The molecule has 0 radical (unpaired) electrons. The predicted octanol–water partition coefficient (Wildman–Crippen LogP) is 2.36. The van der Waals surface area contributed by atoms with Crippen molar-refractivity contribution in [2.45, 2.75) is 6.42 Å². The predicted molar refractivity (Wildman–Crippen MR) is 68.8 cm³/mol. The Morgan fingerprint density at radius 3 is 2.60 bits per heavy atom. The molecule has 1 fully saturated rings. The molecular weight excluding hydrogens is 373 g/mol. The highest BCUT2D eigenvalue weighted by Crippen LogP contribution is 2.28. The lowest BCUT2D eigenvalue weighted by Gasteiger charge is -2.16. The van der Waals surface area contributed by atoms with Crippen LogP contribution < -0.4 is 4.90 Å². The minimum atomic E-state index is -0.111. The number of carbonyl (C=O) groups excluding carboxylic acids is 2. The van der Waals surface area contributed by atoms with Gasteiger partial charge in [0, 0.05) is 8.04 Å². The first-order chi connectivity index (χ1) is 7.08. The van der Waals surface area contributed by atoms with Crippen LogP contribution in [0.15, 0.2) is 22.7 Å². The highest BCUT2D eigenvalue weighted by molar-refractivity contribution is 14.1. The number of Topliss-reactive ketones (excluding diaryl/α,β-unsaturated/α-hetero) is 1. The maximum Gasteiger partial charge on any atom is 0.234 e. The van der Waals surface area contributed by atoms with Crippen molar-refractivity contribution in [1.82, 2.24) is 0 Å². The van der Waals surface area contributed by atoms with E-state index in [1.165, 1.54) is 4.90 Å². The summed E-state index contributed by atoms with van der Waals surface area (Å²) in [4.78, 5) is 24.2. The average Bonchev–Trinajstić information content (AvgIpc) is 2.45. The maximum atomic E-state index is 11.5. The first-order valence-corrected chi connectivity index (χ1v) is 6.22. The van der Waals surface area contributed by atoms with E-state index in [4.69, 9.17) is 0 Å². The van der Waals surface area contributed by atoms with Crippen LogP contribution in [-0.2, 0) is 9.59 Å². The largest absolute Gasteiger partial charge is 0.304 e. The quantitative estimate of drug-likeness (QED) is 0.555. The molecule has 0 spiro atoms. The molecule has 0 bridgehead atoms. The van der Waals surface area contributed by atoms with Crippen molar-refractivity contribution in [2.24, 2.45) is 0 Å². The summed E-state index contributed by atoms with van der Waals surface area (Å²) in [5, 5.41) is 0. The van der Waals surface area contributed by atoms with Gasteiger partial charge in [0.2, 0.25) is 5.91 Å². The van der Waals surface area contributed by atoms with Crippen LogP contribution in [0.2, 0.25) is 0 Å². The summed E-state index contributed by atoms with van der Waals surface area (Å²) >= 11 is 5.51. The standard InChI is InChI=1S/C10H7BrINO2/c11-6-1-2-9(8(12)3-6)13-5-7(14)4-10(13)15/h1-3H,4-5H2. The third-order valence-corrected chi connectivity index (χ3v) is 3.54. The number of rotatable bonds is 1. The van der Waals surface area contributed by atoms with Crippen LogP contribution in [0.3, 0.4) is 0 Å². The lowest BCUT2D eigenvalue weighted by atomic mass is 10.3. The fraction of sp³-hybridized carbons (Fsp3) is 0.200. The van der Waals surface area contributed by atoms with Gasteiger partial charge in [0.15, 0.2) is 5.78 Å². The molecule has 1 saturated heterocycles. The monoisotopic (exact) mass is 379 g/mol. The lowest BCUT2D eigenvalue weighted by Crippen LogP contribution is -2.25. The van der Waals surface area contributed by atoms with Crippen molar-refractivity contribution in [3.63, 3.8) is 0 Å². The summed E-state index contributed by atoms with van der Waals surface area (Å²) in [6.07, 6.45) is 0.0339. The first-order valence-electron chi connectivity index (χ1n) is 4.35. The van der Waals surface area contributed by atoms with Crippen LogP contribution >= 0.6 is 38.5 Å². The van der Waals surface area contributed by atoms with E-state index < -0.39 is 0 Å². The van der Waals surface area contributed by atoms with Gasteiger partial charge in [-0.25, -0.2) is 0 Å². The van der Waals surface area contributed by atoms with Crippen LogP contribution in [0.25, 0.3) is 0 Å². The smallest absolute Gasteiger partial charge is 0.234 e. The second kappa shape index (κ2) is 4.21. The van der Waals surface area contributed by atoms with Gasteiger partial charge in [-0.2, -0.15) is 0 Å². The molecule has 0 aromatic heterocycles. The molecule has 5 heteroatoms. The highest BCUT2D eigenvalue weighted by atomic mass is 127. The van der Waals surface area contributed by atoms with Gasteiger partial charge in [0.1, 0.15) is 0 Å². The van der Waals surface area contributed by atoms with Gasteiger partial charge in [0.25, 0.3) is 0 Å². The van der Waals surface area contributed by atoms with Crippen LogP contribution in [-0.4, -0.2) is 18.2 Å². The van der Waals surface area contributed by atoms with E-state index in [1.807, 2.05) is 18.2 Å². The Balaban J connectivity index is 2.38. The second-order valence-corrected chi connectivity index (χ2v) is 5.37. The molecule has 2 rings (SSSR count). The zero-order chi connectivity index (χ0) is 11.0. The van der Waals surface area contributed by atoms with E-state index in [9.17, 15) is 9.59 Å². The second-order valence-electron chi connectivity index (χ2n) is 3.29. The molecule has 1 aliphatic rings. The zero-order valence-electron chi connectivity index (χ0n) is 7.67. The lowest BCUT2D eigenvalue weighted by molar-refractivity contribution is -0.121. The molecular formula is C10H7BrINO2. The van der Waals surface area contributed by atoms with Crippen molar-refractivity contribution in [1.29, 1.82) is 0 Å². The molecule has 1 aromatic carbocycles. The molecule has 1 amide bonds. The minimum absolute atomic E-state index is 0.0151. The van der Waals surface area contributed by atoms with Crippen molar-refractivity contribution in [3.8, 4) is 0 Å². The average molecular weight is 380 g/mol. The summed E-state index contributed by atoms with van der Waals surface area (Å²) in [7, 11) is 0. The fourth-order valence-electron chi connectivity index (χ4n) is 1.50. The number of amides is 1. The van der Waals surface area contributed by atoms with Gasteiger partial charge >= 0.3 is 0 Å². The number of hydrogen-bond acceptors (Lipinski definition) is 2. The van der Waals surface area contributed by atoms with E-state index in [1.54, 1.807) is 0 Å².